The first kappa shape index (κ1) is 11.3. The Labute approximate surface area is 99.7 Å². The third-order valence-electron chi connectivity index (χ3n) is 2.55. The number of hydrogen-bond acceptors (Lipinski definition) is 4. The topological polar surface area (TPSA) is 66.5 Å². The molecule has 0 unspecified atom stereocenters. The molecule has 2 aromatic rings. The van der Waals surface area contributed by atoms with Gasteiger partial charge < -0.3 is 5.32 Å². The summed E-state index contributed by atoms with van der Waals surface area (Å²) in [6.07, 6.45) is 1.55. The molecule has 0 spiro atoms. The minimum absolute atomic E-state index is 0.182. The van der Waals surface area contributed by atoms with E-state index in [1.807, 2.05) is 25.2 Å². The molecule has 0 saturated heterocycles. The van der Waals surface area contributed by atoms with E-state index in [0.717, 1.165) is 12.2 Å². The van der Waals surface area contributed by atoms with Gasteiger partial charge in [0.25, 0.3) is 5.82 Å². The maximum Gasteiger partial charge on any atom is 0.252 e. The molecule has 1 aromatic carbocycles. The Kier molecular flexibility index (Phi) is 3.17. The number of aromatic nitrogens is 3. The van der Waals surface area contributed by atoms with E-state index >= 15 is 0 Å². The van der Waals surface area contributed by atoms with Gasteiger partial charge in [-0.1, -0.05) is 6.07 Å². The average Bonchev–Trinajstić information content (AvgIpc) is 2.80. The third-order valence-corrected chi connectivity index (χ3v) is 2.55. The van der Waals surface area contributed by atoms with Crippen LogP contribution in [0.4, 0.5) is 0 Å². The van der Waals surface area contributed by atoms with E-state index in [1.54, 1.807) is 11.0 Å². The predicted octanol–water partition coefficient (Wildman–Crippen LogP) is 1.17. The lowest BCUT2D eigenvalue weighted by Gasteiger charge is -2.07. The lowest BCUT2D eigenvalue weighted by Crippen LogP contribution is -2.07. The molecule has 0 radical (unpaired) electrons. The van der Waals surface area contributed by atoms with Gasteiger partial charge in [-0.2, -0.15) is 5.26 Å². The summed E-state index contributed by atoms with van der Waals surface area (Å²) in [5.41, 5.74) is 3.35. The van der Waals surface area contributed by atoms with Crippen LogP contribution in [0.25, 0.3) is 5.69 Å². The highest BCUT2D eigenvalue weighted by Gasteiger charge is 2.04. The van der Waals surface area contributed by atoms with E-state index in [1.165, 1.54) is 11.1 Å². The lowest BCUT2D eigenvalue weighted by atomic mass is 10.1. The first-order valence-corrected chi connectivity index (χ1v) is 5.31. The summed E-state index contributed by atoms with van der Waals surface area (Å²) in [7, 11) is 1.92. The van der Waals surface area contributed by atoms with E-state index in [9.17, 15) is 0 Å². The fourth-order valence-electron chi connectivity index (χ4n) is 1.65. The molecule has 86 valence electrons. The Morgan fingerprint density at radius 1 is 1.47 bits per heavy atom. The van der Waals surface area contributed by atoms with Crippen molar-refractivity contribution in [1.82, 2.24) is 20.1 Å². The third kappa shape index (κ3) is 2.32. The summed E-state index contributed by atoms with van der Waals surface area (Å²) in [5, 5.41) is 15.8. The molecule has 17 heavy (non-hydrogen) atoms. The van der Waals surface area contributed by atoms with Crippen molar-refractivity contribution < 1.29 is 0 Å². The maximum atomic E-state index is 8.67. The minimum atomic E-state index is 0.182. The number of nitriles is 1. The van der Waals surface area contributed by atoms with Gasteiger partial charge in [-0.15, -0.1) is 5.10 Å². The normalized spacial score (nSPS) is 10.2. The van der Waals surface area contributed by atoms with E-state index in [2.05, 4.69) is 28.4 Å². The molecule has 0 aliphatic rings. The van der Waals surface area contributed by atoms with Gasteiger partial charge in [0, 0.05) is 6.54 Å². The first-order chi connectivity index (χ1) is 8.24. The van der Waals surface area contributed by atoms with Gasteiger partial charge in [-0.25, -0.2) is 9.67 Å². The number of nitrogens with one attached hydrogen (secondary N) is 1. The molecule has 1 aromatic heterocycles. The van der Waals surface area contributed by atoms with Crippen LogP contribution in [0.3, 0.4) is 0 Å². The summed E-state index contributed by atoms with van der Waals surface area (Å²) in [6, 6.07) is 7.96. The summed E-state index contributed by atoms with van der Waals surface area (Å²) in [6.45, 7) is 2.89. The second kappa shape index (κ2) is 4.76. The Morgan fingerprint density at radius 2 is 2.29 bits per heavy atom. The van der Waals surface area contributed by atoms with Gasteiger partial charge in [-0.05, 0) is 37.2 Å². The van der Waals surface area contributed by atoms with Crippen molar-refractivity contribution in [2.24, 2.45) is 0 Å². The minimum Gasteiger partial charge on any atom is -0.316 e. The molecule has 0 amide bonds. The zero-order valence-corrected chi connectivity index (χ0v) is 9.81. The van der Waals surface area contributed by atoms with Gasteiger partial charge in [0.15, 0.2) is 0 Å². The maximum absolute atomic E-state index is 8.67. The smallest absolute Gasteiger partial charge is 0.252 e. The summed E-state index contributed by atoms with van der Waals surface area (Å²) >= 11 is 0. The molecule has 0 aliphatic carbocycles. The highest BCUT2D eigenvalue weighted by atomic mass is 15.3. The molecule has 0 bridgehead atoms. The zero-order chi connectivity index (χ0) is 12.3. The van der Waals surface area contributed by atoms with E-state index in [4.69, 9.17) is 5.26 Å². The molecule has 1 heterocycles. The van der Waals surface area contributed by atoms with Gasteiger partial charge in [0.05, 0.1) is 5.69 Å². The Balaban J connectivity index is 2.34. The van der Waals surface area contributed by atoms with Gasteiger partial charge in [0.1, 0.15) is 12.4 Å². The summed E-state index contributed by atoms with van der Waals surface area (Å²) < 4.78 is 1.61. The fourth-order valence-corrected chi connectivity index (χ4v) is 1.65. The highest BCUT2D eigenvalue weighted by Crippen LogP contribution is 2.13. The summed E-state index contributed by atoms with van der Waals surface area (Å²) in [4.78, 5) is 3.88. The Morgan fingerprint density at radius 3 is 2.88 bits per heavy atom. The van der Waals surface area contributed by atoms with Crippen molar-refractivity contribution in [3.8, 4) is 11.8 Å². The van der Waals surface area contributed by atoms with Crippen LogP contribution in [0, 0.1) is 18.3 Å². The Bertz CT molecular complexity index is 565. The molecular formula is C12H13N5. The average molecular weight is 227 g/mol. The van der Waals surface area contributed by atoms with E-state index < -0.39 is 0 Å². The molecule has 0 fully saturated rings. The number of nitrogens with zero attached hydrogens (tertiary/aromatic N) is 4. The lowest BCUT2D eigenvalue weighted by molar-refractivity contribution is 0.808. The van der Waals surface area contributed by atoms with Crippen LogP contribution in [-0.2, 0) is 6.54 Å². The molecule has 2 rings (SSSR count). The van der Waals surface area contributed by atoms with Crippen LogP contribution in [0.2, 0.25) is 0 Å². The number of rotatable bonds is 3. The number of hydrogen-bond donors (Lipinski definition) is 1. The van der Waals surface area contributed by atoms with Crippen molar-refractivity contribution >= 4 is 0 Å². The largest absolute Gasteiger partial charge is 0.316 e. The number of benzene rings is 1. The predicted molar refractivity (Wildman–Crippen MR) is 63.6 cm³/mol. The molecule has 5 nitrogen and oxygen atoms in total. The molecular weight excluding hydrogens is 214 g/mol. The van der Waals surface area contributed by atoms with Crippen molar-refractivity contribution in [1.29, 1.82) is 5.26 Å². The van der Waals surface area contributed by atoms with Crippen molar-refractivity contribution in [3.05, 3.63) is 41.5 Å². The zero-order valence-electron chi connectivity index (χ0n) is 9.81. The van der Waals surface area contributed by atoms with E-state index in [0.29, 0.717) is 0 Å². The van der Waals surface area contributed by atoms with Crippen molar-refractivity contribution in [2.45, 2.75) is 13.5 Å². The van der Waals surface area contributed by atoms with Crippen LogP contribution in [-0.4, -0.2) is 21.8 Å². The molecule has 0 aliphatic heterocycles. The quantitative estimate of drug-likeness (QED) is 0.854. The monoisotopic (exact) mass is 227 g/mol. The van der Waals surface area contributed by atoms with Crippen LogP contribution in [0.1, 0.15) is 17.0 Å². The van der Waals surface area contributed by atoms with Gasteiger partial charge in [-0.3, -0.25) is 0 Å². The van der Waals surface area contributed by atoms with Crippen LogP contribution in [0.5, 0.6) is 0 Å². The summed E-state index contributed by atoms with van der Waals surface area (Å²) in [5.74, 6) is 0.182. The Hall–Kier alpha value is -2.19. The number of aryl methyl sites for hydroxylation is 1. The molecule has 5 heteroatoms. The fraction of sp³-hybridized carbons (Fsp3) is 0.250. The van der Waals surface area contributed by atoms with Gasteiger partial charge in [0.2, 0.25) is 0 Å². The highest BCUT2D eigenvalue weighted by molar-refractivity contribution is 5.39. The second-order valence-electron chi connectivity index (χ2n) is 3.77. The van der Waals surface area contributed by atoms with Crippen LogP contribution < -0.4 is 5.32 Å². The van der Waals surface area contributed by atoms with Crippen molar-refractivity contribution in [3.63, 3.8) is 0 Å². The van der Waals surface area contributed by atoms with Gasteiger partial charge >= 0.3 is 0 Å². The molecule has 0 saturated carbocycles. The van der Waals surface area contributed by atoms with Crippen LogP contribution in [0.15, 0.2) is 24.5 Å². The van der Waals surface area contributed by atoms with Crippen molar-refractivity contribution in [2.75, 3.05) is 7.05 Å². The standard InChI is InChI=1S/C12H13N5/c1-9-5-11(4-3-10(9)7-14-2)17-8-15-12(6-13)16-17/h3-5,8,14H,7H2,1-2H3. The molecule has 1 N–H and O–H groups in total. The SMILES string of the molecule is CNCc1ccc(-n2cnc(C#N)n2)cc1C. The second-order valence-corrected chi connectivity index (χ2v) is 3.77. The first-order valence-electron chi connectivity index (χ1n) is 5.31. The molecule has 0 atom stereocenters. The van der Waals surface area contributed by atoms with E-state index in [-0.39, 0.29) is 5.82 Å². The van der Waals surface area contributed by atoms with Crippen LogP contribution >= 0.6 is 0 Å².